The third-order valence-corrected chi connectivity index (χ3v) is 14.6. The second-order valence-corrected chi connectivity index (χ2v) is 18.7. The Morgan fingerprint density at radius 2 is 0.907 bits per heavy atom. The predicted octanol–water partition coefficient (Wildman–Crippen LogP) is 14.7. The van der Waals surface area contributed by atoms with Crippen molar-refractivity contribution in [3.8, 4) is 0 Å². The molecule has 3 nitrogen and oxygen atoms in total. The van der Waals surface area contributed by atoms with Crippen LogP contribution in [0.25, 0.3) is 0 Å². The van der Waals surface area contributed by atoms with E-state index in [4.69, 9.17) is 15.0 Å². The SMILES string of the molecule is C/C(=N\c1c(CCCB2C3CCCC2CCC3)cccc1C(C)C)c1cccc(/C(C)=N/c2c(CCCB3C4CCCC3CCC4)cccc2C(C)C)n1. The molecule has 7 rings (SSSR count). The summed E-state index contributed by atoms with van der Waals surface area (Å²) < 4.78 is 0. The molecular weight excluding hydrogens is 652 g/mol. The number of nitrogens with zero attached hydrogens (tertiary/aromatic N) is 3. The van der Waals surface area contributed by atoms with Crippen molar-refractivity contribution < 1.29 is 0 Å². The van der Waals surface area contributed by atoms with E-state index in [0.29, 0.717) is 11.8 Å². The van der Waals surface area contributed by atoms with Crippen LogP contribution in [0.1, 0.15) is 177 Å². The Morgan fingerprint density at radius 3 is 1.26 bits per heavy atom. The molecule has 1 aromatic heterocycles. The van der Waals surface area contributed by atoms with Crippen LogP contribution in [0.3, 0.4) is 0 Å². The summed E-state index contributed by atoms with van der Waals surface area (Å²) in [5, 5.41) is 0. The Balaban J connectivity index is 1.09. The fourth-order valence-corrected chi connectivity index (χ4v) is 11.7. The fourth-order valence-electron chi connectivity index (χ4n) is 11.7. The summed E-state index contributed by atoms with van der Waals surface area (Å²) in [5.74, 6) is 4.78. The van der Waals surface area contributed by atoms with Crippen LogP contribution in [0, 0.1) is 0 Å². The average molecular weight is 722 g/mol. The summed E-state index contributed by atoms with van der Waals surface area (Å²) >= 11 is 0. The van der Waals surface area contributed by atoms with Crippen LogP contribution in [0.2, 0.25) is 35.9 Å². The molecule has 286 valence electrons. The average Bonchev–Trinajstić information content (AvgIpc) is 3.15. The third-order valence-electron chi connectivity index (χ3n) is 14.6. The van der Waals surface area contributed by atoms with Crippen molar-refractivity contribution in [1.29, 1.82) is 0 Å². The summed E-state index contributed by atoms with van der Waals surface area (Å²) in [5.41, 5.74) is 11.7. The molecule has 0 spiro atoms. The van der Waals surface area contributed by atoms with Crippen LogP contribution >= 0.6 is 0 Å². The van der Waals surface area contributed by atoms with Crippen molar-refractivity contribution in [1.82, 2.24) is 4.98 Å². The summed E-state index contributed by atoms with van der Waals surface area (Å²) in [6, 6.07) is 20.2. The molecule has 4 saturated heterocycles. The summed E-state index contributed by atoms with van der Waals surface area (Å²) in [4.78, 5) is 16.1. The van der Waals surface area contributed by atoms with Gasteiger partial charge in [-0.3, -0.25) is 9.98 Å². The minimum Gasteiger partial charge on any atom is -0.251 e. The highest BCUT2D eigenvalue weighted by Crippen LogP contribution is 2.49. The first-order valence-corrected chi connectivity index (χ1v) is 22.6. The molecule has 0 atom stereocenters. The van der Waals surface area contributed by atoms with E-state index in [0.717, 1.165) is 72.3 Å². The van der Waals surface area contributed by atoms with Gasteiger partial charge in [-0.2, -0.15) is 0 Å². The fraction of sp³-hybridized carbons (Fsp3) is 0.612. The number of fused-ring (bicyclic) bond motifs is 4. The van der Waals surface area contributed by atoms with Gasteiger partial charge in [0, 0.05) is 0 Å². The van der Waals surface area contributed by atoms with Gasteiger partial charge in [-0.05, 0) is 72.9 Å². The van der Waals surface area contributed by atoms with Crippen molar-refractivity contribution in [2.24, 2.45) is 9.98 Å². The maximum Gasteiger partial charge on any atom is 0.146 e. The Morgan fingerprint density at radius 1 is 0.556 bits per heavy atom. The molecule has 0 amide bonds. The molecule has 4 fully saturated rings. The number of aryl methyl sites for hydroxylation is 2. The lowest BCUT2D eigenvalue weighted by Crippen LogP contribution is -2.34. The number of aromatic nitrogens is 1. The minimum atomic E-state index is 0.417. The zero-order valence-electron chi connectivity index (χ0n) is 34.9. The molecule has 4 aliphatic rings. The van der Waals surface area contributed by atoms with E-state index >= 15 is 0 Å². The van der Waals surface area contributed by atoms with Crippen molar-refractivity contribution in [2.45, 2.75) is 192 Å². The summed E-state index contributed by atoms with van der Waals surface area (Å²) in [6.07, 6.45) is 25.2. The van der Waals surface area contributed by atoms with Crippen LogP contribution < -0.4 is 0 Å². The molecule has 0 unspecified atom stereocenters. The van der Waals surface area contributed by atoms with E-state index in [-0.39, 0.29) is 0 Å². The van der Waals surface area contributed by atoms with E-state index in [2.05, 4.69) is 96.1 Å². The molecule has 54 heavy (non-hydrogen) atoms. The Kier molecular flexibility index (Phi) is 13.3. The van der Waals surface area contributed by atoms with E-state index in [1.54, 1.807) is 0 Å². The van der Waals surface area contributed by atoms with Gasteiger partial charge in [0.25, 0.3) is 0 Å². The van der Waals surface area contributed by atoms with E-state index in [1.165, 1.54) is 136 Å². The Hall–Kier alpha value is -2.94. The summed E-state index contributed by atoms with van der Waals surface area (Å²) in [6.45, 7) is 15.4. The lowest BCUT2D eigenvalue weighted by molar-refractivity contribution is 0.440. The molecule has 5 heterocycles. The van der Waals surface area contributed by atoms with Gasteiger partial charge in [0.1, 0.15) is 13.4 Å². The zero-order chi connectivity index (χ0) is 37.6. The van der Waals surface area contributed by atoms with Gasteiger partial charge in [-0.25, -0.2) is 4.98 Å². The van der Waals surface area contributed by atoms with Crippen molar-refractivity contribution in [3.05, 3.63) is 88.2 Å². The first kappa shape index (κ1) is 39.3. The van der Waals surface area contributed by atoms with E-state index in [1.807, 2.05) is 0 Å². The molecular formula is C49H69B2N3. The van der Waals surface area contributed by atoms with E-state index < -0.39 is 0 Å². The number of rotatable bonds is 14. The van der Waals surface area contributed by atoms with E-state index in [9.17, 15) is 0 Å². The standard InChI is InChI=1S/C49H69B2N3/c1-34(2)44-28-7-16-38(18-14-32-50-40-20-9-21-41(50)23-10-22-40)48(44)52-36(5)46-30-13-31-47(54-46)37(6)53-49-39(17-8-29-45(49)35(3)4)19-15-33-51-42-24-11-25-43(51)27-12-26-42/h7-8,13,16-17,28-31,34-35,40-43H,9-12,14-15,18-27,32-33H2,1-6H3/b52-36+,53-37+. The van der Waals surface area contributed by atoms with Gasteiger partial charge in [0.15, 0.2) is 0 Å². The van der Waals surface area contributed by atoms with Crippen LogP contribution in [0.5, 0.6) is 0 Å². The third kappa shape index (κ3) is 9.19. The molecule has 4 bridgehead atoms. The predicted molar refractivity (Wildman–Crippen MR) is 237 cm³/mol. The first-order valence-electron chi connectivity index (χ1n) is 22.6. The topological polar surface area (TPSA) is 37.6 Å². The van der Waals surface area contributed by atoms with Crippen molar-refractivity contribution >= 4 is 36.2 Å². The maximum atomic E-state index is 5.42. The van der Waals surface area contributed by atoms with Crippen molar-refractivity contribution in [2.75, 3.05) is 0 Å². The minimum absolute atomic E-state index is 0.417. The summed E-state index contributed by atoms with van der Waals surface area (Å²) in [7, 11) is 0. The number of benzene rings is 2. The van der Waals surface area contributed by atoms with Gasteiger partial charge in [0.05, 0.1) is 34.2 Å². The van der Waals surface area contributed by atoms with Gasteiger partial charge in [-0.15, -0.1) is 0 Å². The highest BCUT2D eigenvalue weighted by Gasteiger charge is 2.39. The monoisotopic (exact) mass is 722 g/mol. The van der Waals surface area contributed by atoms with Crippen LogP contribution in [0.4, 0.5) is 11.4 Å². The normalized spacial score (nSPS) is 23.4. The molecule has 0 saturated carbocycles. The molecule has 2 aromatic carbocycles. The van der Waals surface area contributed by atoms with Crippen LogP contribution in [0.15, 0.2) is 64.6 Å². The second-order valence-electron chi connectivity index (χ2n) is 18.7. The molecule has 5 heteroatoms. The molecule has 0 aliphatic carbocycles. The van der Waals surface area contributed by atoms with Crippen molar-refractivity contribution in [3.63, 3.8) is 0 Å². The van der Waals surface area contributed by atoms with Crippen LogP contribution in [-0.2, 0) is 12.8 Å². The smallest absolute Gasteiger partial charge is 0.146 e. The lowest BCUT2D eigenvalue weighted by atomic mass is 9.26. The number of pyridine rings is 1. The first-order chi connectivity index (χ1) is 26.3. The van der Waals surface area contributed by atoms with Crippen LogP contribution in [-0.4, -0.2) is 29.8 Å². The lowest BCUT2D eigenvalue weighted by Gasteiger charge is -2.40. The molecule has 0 N–H and O–H groups in total. The van der Waals surface area contributed by atoms with Gasteiger partial charge in [-0.1, -0.05) is 196 Å². The van der Waals surface area contributed by atoms with Gasteiger partial charge < -0.3 is 0 Å². The zero-order valence-corrected chi connectivity index (χ0v) is 34.9. The Bertz CT molecular complexity index is 1610. The Labute approximate surface area is 330 Å². The van der Waals surface area contributed by atoms with Gasteiger partial charge >= 0.3 is 0 Å². The second kappa shape index (κ2) is 18.3. The highest BCUT2D eigenvalue weighted by molar-refractivity contribution is 6.63. The highest BCUT2D eigenvalue weighted by atomic mass is 14.8. The number of para-hydroxylation sites is 2. The molecule has 4 aliphatic heterocycles. The molecule has 3 aromatic rings. The maximum absolute atomic E-state index is 5.42. The largest absolute Gasteiger partial charge is 0.251 e. The number of aliphatic imine (C=N–C) groups is 2. The molecule has 0 radical (unpaired) electrons. The number of hydrogen-bond acceptors (Lipinski definition) is 3. The quantitative estimate of drug-likeness (QED) is 0.121. The number of hydrogen-bond donors (Lipinski definition) is 0. The van der Waals surface area contributed by atoms with Gasteiger partial charge in [0.2, 0.25) is 0 Å².